The van der Waals surface area contributed by atoms with Gasteiger partial charge in [-0.2, -0.15) is 0 Å². The summed E-state index contributed by atoms with van der Waals surface area (Å²) >= 11 is 3.49. The SMILES string of the molecule is COC(=O)c1c(-c2cc(OC)c(Br)c(OC)c2)c2cc(OC)c(OC)cc2c(=O)n1-c1ccc(NC(=O)OC(C)(C)C)cc1. The first-order valence-corrected chi connectivity index (χ1v) is 14.1. The zero-order valence-electron chi connectivity index (χ0n) is 25.6. The van der Waals surface area contributed by atoms with E-state index in [1.807, 2.05) is 0 Å². The molecule has 232 valence electrons. The second-order valence-electron chi connectivity index (χ2n) is 10.5. The molecule has 1 heterocycles. The van der Waals surface area contributed by atoms with Crippen molar-refractivity contribution in [3.8, 4) is 39.8 Å². The van der Waals surface area contributed by atoms with Crippen LogP contribution in [0.4, 0.5) is 10.5 Å². The molecule has 1 N–H and O–H groups in total. The molecule has 0 aliphatic rings. The quantitative estimate of drug-likeness (QED) is 0.207. The van der Waals surface area contributed by atoms with Crippen molar-refractivity contribution < 1.29 is 38.0 Å². The van der Waals surface area contributed by atoms with E-state index in [1.54, 1.807) is 69.3 Å². The number of pyridine rings is 1. The summed E-state index contributed by atoms with van der Waals surface area (Å²) in [6, 6.07) is 13.0. The molecule has 0 aliphatic heterocycles. The number of rotatable bonds is 8. The fourth-order valence-corrected chi connectivity index (χ4v) is 5.23. The third-order valence-electron chi connectivity index (χ3n) is 6.57. The fourth-order valence-electron chi connectivity index (χ4n) is 4.68. The number of benzene rings is 3. The monoisotopic (exact) mass is 668 g/mol. The molecule has 0 saturated carbocycles. The summed E-state index contributed by atoms with van der Waals surface area (Å²) in [4.78, 5) is 40.2. The van der Waals surface area contributed by atoms with Crippen molar-refractivity contribution in [2.24, 2.45) is 0 Å². The van der Waals surface area contributed by atoms with Gasteiger partial charge in [0.2, 0.25) is 0 Å². The van der Waals surface area contributed by atoms with Crippen LogP contribution in [0.25, 0.3) is 27.6 Å². The fraction of sp³-hybridized carbons (Fsp3) is 0.281. The van der Waals surface area contributed by atoms with Crippen molar-refractivity contribution in [2.45, 2.75) is 26.4 Å². The standard InChI is InChI=1S/C32H33BrN2O9/c1-32(2,3)44-31(38)34-18-9-11-19(12-10-18)35-28(30(37)43-8)26(17-13-24(41-6)27(33)25(14-17)42-7)20-15-22(39-4)23(40-5)16-21(20)29(35)36/h9-16H,1-8H3,(H,34,38). The van der Waals surface area contributed by atoms with E-state index in [2.05, 4.69) is 21.2 Å². The van der Waals surface area contributed by atoms with Crippen LogP contribution in [0.3, 0.4) is 0 Å². The third-order valence-corrected chi connectivity index (χ3v) is 7.35. The number of hydrogen-bond donors (Lipinski definition) is 1. The highest BCUT2D eigenvalue weighted by Gasteiger charge is 2.28. The van der Waals surface area contributed by atoms with Crippen LogP contribution in [0.15, 0.2) is 57.8 Å². The highest BCUT2D eigenvalue weighted by Crippen LogP contribution is 2.43. The van der Waals surface area contributed by atoms with Gasteiger partial charge in [-0.15, -0.1) is 0 Å². The van der Waals surface area contributed by atoms with Gasteiger partial charge < -0.3 is 28.4 Å². The number of ether oxygens (including phenoxy) is 6. The highest BCUT2D eigenvalue weighted by atomic mass is 79.9. The molecule has 0 spiro atoms. The predicted octanol–water partition coefficient (Wildman–Crippen LogP) is 6.59. The Labute approximate surface area is 262 Å². The number of halogens is 1. The van der Waals surface area contributed by atoms with Crippen molar-refractivity contribution in [1.82, 2.24) is 4.57 Å². The number of carbonyl (C=O) groups excluding carboxylic acids is 2. The van der Waals surface area contributed by atoms with Crippen LogP contribution in [0.2, 0.25) is 0 Å². The number of amides is 1. The molecule has 0 radical (unpaired) electrons. The summed E-state index contributed by atoms with van der Waals surface area (Å²) in [5.74, 6) is 0.759. The number of nitrogens with one attached hydrogen (secondary N) is 1. The Bertz CT molecular complexity index is 1770. The van der Waals surface area contributed by atoms with Crippen molar-refractivity contribution in [3.05, 3.63) is 69.1 Å². The second-order valence-corrected chi connectivity index (χ2v) is 11.3. The van der Waals surface area contributed by atoms with E-state index < -0.39 is 23.2 Å². The van der Waals surface area contributed by atoms with E-state index in [4.69, 9.17) is 28.4 Å². The first-order chi connectivity index (χ1) is 20.9. The lowest BCUT2D eigenvalue weighted by atomic mass is 9.95. The number of aromatic nitrogens is 1. The Hall–Kier alpha value is -4.71. The number of fused-ring (bicyclic) bond motifs is 1. The highest BCUT2D eigenvalue weighted by molar-refractivity contribution is 9.10. The molecule has 1 aromatic heterocycles. The van der Waals surface area contributed by atoms with Crippen LogP contribution in [-0.4, -0.2) is 57.8 Å². The Kier molecular flexibility index (Phi) is 9.43. The molecular formula is C32H33BrN2O9. The Morgan fingerprint density at radius 2 is 1.30 bits per heavy atom. The molecule has 44 heavy (non-hydrogen) atoms. The molecule has 0 aliphatic carbocycles. The van der Waals surface area contributed by atoms with Crippen molar-refractivity contribution in [3.63, 3.8) is 0 Å². The maximum absolute atomic E-state index is 14.3. The predicted molar refractivity (Wildman–Crippen MR) is 170 cm³/mol. The van der Waals surface area contributed by atoms with Crippen molar-refractivity contribution in [1.29, 1.82) is 0 Å². The van der Waals surface area contributed by atoms with Gasteiger partial charge >= 0.3 is 12.1 Å². The molecule has 0 bridgehead atoms. The maximum Gasteiger partial charge on any atom is 0.412 e. The molecule has 0 saturated heterocycles. The minimum absolute atomic E-state index is 0.0588. The van der Waals surface area contributed by atoms with Crippen LogP contribution >= 0.6 is 15.9 Å². The Balaban J connectivity index is 2.09. The van der Waals surface area contributed by atoms with E-state index >= 15 is 0 Å². The second kappa shape index (κ2) is 12.9. The number of methoxy groups -OCH3 is 5. The van der Waals surface area contributed by atoms with Gasteiger partial charge in [-0.25, -0.2) is 9.59 Å². The molecule has 4 aromatic rings. The maximum atomic E-state index is 14.3. The summed E-state index contributed by atoms with van der Waals surface area (Å²) in [5.41, 5.74) is 0.343. The smallest absolute Gasteiger partial charge is 0.412 e. The first kappa shape index (κ1) is 32.2. The van der Waals surface area contributed by atoms with Crippen LogP contribution in [0, 0.1) is 0 Å². The molecular weight excluding hydrogens is 636 g/mol. The van der Waals surface area contributed by atoms with Crippen LogP contribution in [0.5, 0.6) is 23.0 Å². The first-order valence-electron chi connectivity index (χ1n) is 13.3. The van der Waals surface area contributed by atoms with E-state index in [9.17, 15) is 14.4 Å². The molecule has 11 nitrogen and oxygen atoms in total. The normalized spacial score (nSPS) is 11.1. The zero-order chi connectivity index (χ0) is 32.3. The lowest BCUT2D eigenvalue weighted by Gasteiger charge is -2.21. The lowest BCUT2D eigenvalue weighted by molar-refractivity contribution is 0.0589. The van der Waals surface area contributed by atoms with Crippen molar-refractivity contribution >= 4 is 44.5 Å². The number of nitrogens with zero attached hydrogens (tertiary/aromatic N) is 1. The molecule has 1 amide bonds. The van der Waals surface area contributed by atoms with Crippen LogP contribution in [0.1, 0.15) is 31.3 Å². The molecule has 0 fully saturated rings. The summed E-state index contributed by atoms with van der Waals surface area (Å²) in [7, 11) is 7.18. The molecule has 4 rings (SSSR count). The zero-order valence-corrected chi connectivity index (χ0v) is 27.2. The average Bonchev–Trinajstić information content (AvgIpc) is 2.99. The van der Waals surface area contributed by atoms with Gasteiger partial charge in [-0.1, -0.05) is 0 Å². The number of esters is 1. The summed E-state index contributed by atoms with van der Waals surface area (Å²) in [6.07, 6.45) is -0.634. The van der Waals surface area contributed by atoms with E-state index in [1.165, 1.54) is 40.1 Å². The Morgan fingerprint density at radius 3 is 1.77 bits per heavy atom. The third kappa shape index (κ3) is 6.30. The van der Waals surface area contributed by atoms with E-state index in [0.29, 0.717) is 55.4 Å². The van der Waals surface area contributed by atoms with Crippen LogP contribution < -0.4 is 29.8 Å². The molecule has 0 atom stereocenters. The Morgan fingerprint density at radius 1 is 0.773 bits per heavy atom. The van der Waals surface area contributed by atoms with Gasteiger partial charge in [0.1, 0.15) is 27.3 Å². The topological polar surface area (TPSA) is 124 Å². The van der Waals surface area contributed by atoms with E-state index in [0.717, 1.165) is 0 Å². The number of carbonyl (C=O) groups is 2. The minimum atomic E-state index is -0.773. The lowest BCUT2D eigenvalue weighted by Crippen LogP contribution is -2.27. The van der Waals surface area contributed by atoms with Gasteiger partial charge in [0.05, 0.1) is 40.9 Å². The summed E-state index contributed by atoms with van der Waals surface area (Å²) < 4.78 is 34.6. The van der Waals surface area contributed by atoms with Crippen molar-refractivity contribution in [2.75, 3.05) is 40.9 Å². The van der Waals surface area contributed by atoms with Gasteiger partial charge in [-0.05, 0) is 90.8 Å². The molecule has 3 aromatic carbocycles. The number of hydrogen-bond acceptors (Lipinski definition) is 9. The summed E-state index contributed by atoms with van der Waals surface area (Å²) in [6.45, 7) is 5.28. The molecule has 0 unspecified atom stereocenters. The molecule has 12 heteroatoms. The largest absolute Gasteiger partial charge is 0.495 e. The summed E-state index contributed by atoms with van der Waals surface area (Å²) in [5, 5.41) is 3.30. The average molecular weight is 670 g/mol. The van der Waals surface area contributed by atoms with Crippen LogP contribution in [-0.2, 0) is 9.47 Å². The van der Waals surface area contributed by atoms with Gasteiger partial charge in [0, 0.05) is 22.3 Å². The van der Waals surface area contributed by atoms with Gasteiger partial charge in [0.15, 0.2) is 11.5 Å². The van der Waals surface area contributed by atoms with Gasteiger partial charge in [0.25, 0.3) is 5.56 Å². The van der Waals surface area contributed by atoms with E-state index in [-0.39, 0.29) is 11.1 Å². The number of anilines is 1. The van der Waals surface area contributed by atoms with Gasteiger partial charge in [-0.3, -0.25) is 14.7 Å². The minimum Gasteiger partial charge on any atom is -0.495 e.